The number of benzene rings is 2. The molecular weight excluding hydrogens is 296 g/mol. The van der Waals surface area contributed by atoms with Crippen molar-refractivity contribution in [1.29, 1.82) is 0 Å². The summed E-state index contributed by atoms with van der Waals surface area (Å²) in [5.74, 6) is 0. The molecule has 5 heteroatoms. The molecule has 0 fully saturated rings. The van der Waals surface area contributed by atoms with Crippen LogP contribution in [-0.2, 0) is 10.0 Å². The Morgan fingerprint density at radius 3 is 2.27 bits per heavy atom. The summed E-state index contributed by atoms with van der Waals surface area (Å²) in [6.07, 6.45) is 3.36. The van der Waals surface area contributed by atoms with Gasteiger partial charge in [-0.15, -0.1) is 0 Å². The van der Waals surface area contributed by atoms with E-state index in [2.05, 4.69) is 4.83 Å². The minimum Gasteiger partial charge on any atom is -0.318 e. The van der Waals surface area contributed by atoms with Crippen molar-refractivity contribution < 1.29 is 13.1 Å². The molecule has 0 N–H and O–H groups in total. The van der Waals surface area contributed by atoms with Crippen LogP contribution >= 0.6 is 0 Å². The largest absolute Gasteiger partial charge is 0.318 e. The Labute approximate surface area is 130 Å². The Bertz CT molecular complexity index is 933. The highest BCUT2D eigenvalue weighted by atomic mass is 32.2. The van der Waals surface area contributed by atoms with Crippen LogP contribution in [0, 0.1) is 13.8 Å². The number of aryl methyl sites for hydroxylation is 2. The standard InChI is InChI=1S/C17H16N2O2S/c1-13-4-7-17(8-5-13)22(20,21)18-19-10-9-15-11-14(2)3-6-16(15)12-19/h3-12H,1-2H3. The molecule has 0 aliphatic heterocycles. The highest BCUT2D eigenvalue weighted by molar-refractivity contribution is 7.93. The molecule has 0 aliphatic rings. The number of aromatic nitrogens is 1. The summed E-state index contributed by atoms with van der Waals surface area (Å²) in [6.45, 7) is 3.93. The zero-order valence-corrected chi connectivity index (χ0v) is 13.2. The lowest BCUT2D eigenvalue weighted by molar-refractivity contribution is -0.612. The smallest absolute Gasteiger partial charge is 0.172 e. The third-order valence-corrected chi connectivity index (χ3v) is 4.71. The van der Waals surface area contributed by atoms with Crippen LogP contribution in [0.3, 0.4) is 0 Å². The molecule has 3 aromatic rings. The second-order valence-corrected chi connectivity index (χ2v) is 6.91. The molecule has 0 saturated heterocycles. The summed E-state index contributed by atoms with van der Waals surface area (Å²) < 4.78 is 26.0. The van der Waals surface area contributed by atoms with Crippen molar-refractivity contribution in [3.8, 4) is 0 Å². The number of hydrogen-bond donors (Lipinski definition) is 0. The first-order valence-electron chi connectivity index (χ1n) is 6.91. The van der Waals surface area contributed by atoms with E-state index >= 15 is 0 Å². The Kier molecular flexibility index (Phi) is 3.58. The second kappa shape index (κ2) is 5.42. The van der Waals surface area contributed by atoms with Gasteiger partial charge in [0.15, 0.2) is 22.4 Å². The molecular formula is C17H16N2O2S. The molecule has 2 aromatic carbocycles. The lowest BCUT2D eigenvalue weighted by Gasteiger charge is -2.14. The maximum atomic E-state index is 12.3. The normalized spacial score (nSPS) is 11.5. The van der Waals surface area contributed by atoms with Gasteiger partial charge in [0.1, 0.15) is 0 Å². The van der Waals surface area contributed by atoms with E-state index in [1.165, 1.54) is 4.68 Å². The fourth-order valence-electron chi connectivity index (χ4n) is 2.23. The summed E-state index contributed by atoms with van der Waals surface area (Å²) in [4.78, 5) is 4.04. The maximum Gasteiger partial charge on any atom is 0.172 e. The van der Waals surface area contributed by atoms with Gasteiger partial charge in [0, 0.05) is 11.5 Å². The summed E-state index contributed by atoms with van der Waals surface area (Å²) >= 11 is 0. The van der Waals surface area contributed by atoms with Crippen LogP contribution in [0.1, 0.15) is 11.1 Å². The van der Waals surface area contributed by atoms with Crippen LogP contribution < -0.4 is 4.68 Å². The SMILES string of the molecule is Cc1ccc(S(=O)(=O)[N-][n+]2ccc3cc(C)ccc3c2)cc1. The first-order valence-corrected chi connectivity index (χ1v) is 8.35. The Morgan fingerprint density at radius 1 is 0.864 bits per heavy atom. The lowest BCUT2D eigenvalue weighted by Crippen LogP contribution is -2.31. The molecule has 1 heterocycles. The van der Waals surface area contributed by atoms with Gasteiger partial charge in [-0.2, -0.15) is 0 Å². The highest BCUT2D eigenvalue weighted by Gasteiger charge is 2.09. The molecule has 0 spiro atoms. The molecule has 0 radical (unpaired) electrons. The van der Waals surface area contributed by atoms with Gasteiger partial charge >= 0.3 is 0 Å². The van der Waals surface area contributed by atoms with E-state index in [0.717, 1.165) is 21.9 Å². The Balaban J connectivity index is 1.95. The zero-order valence-electron chi connectivity index (χ0n) is 12.4. The molecule has 0 unspecified atom stereocenters. The van der Waals surface area contributed by atoms with Crippen LogP contribution in [0.15, 0.2) is 65.8 Å². The van der Waals surface area contributed by atoms with Crippen molar-refractivity contribution in [2.24, 2.45) is 0 Å². The molecule has 0 saturated carbocycles. The van der Waals surface area contributed by atoms with Crippen molar-refractivity contribution >= 4 is 20.8 Å². The quantitative estimate of drug-likeness (QED) is 0.697. The molecule has 4 nitrogen and oxygen atoms in total. The number of fused-ring (bicyclic) bond motifs is 1. The average Bonchev–Trinajstić information content (AvgIpc) is 2.47. The fraction of sp³-hybridized carbons (Fsp3) is 0.118. The molecule has 1 aromatic heterocycles. The summed E-state index contributed by atoms with van der Waals surface area (Å²) in [5, 5.41) is 2.00. The minimum atomic E-state index is -3.72. The Morgan fingerprint density at radius 2 is 1.55 bits per heavy atom. The van der Waals surface area contributed by atoms with Crippen LogP contribution in [-0.4, -0.2) is 8.42 Å². The number of hydrogen-bond acceptors (Lipinski definition) is 2. The molecule has 0 bridgehead atoms. The number of rotatable bonds is 3. The van der Waals surface area contributed by atoms with Gasteiger partial charge in [-0.1, -0.05) is 35.4 Å². The molecule has 112 valence electrons. The first kappa shape index (κ1) is 14.5. The number of nitrogens with zero attached hydrogens (tertiary/aromatic N) is 2. The van der Waals surface area contributed by atoms with E-state index in [-0.39, 0.29) is 4.90 Å². The number of sulfonamides is 1. The van der Waals surface area contributed by atoms with Crippen molar-refractivity contribution in [3.05, 3.63) is 76.9 Å². The molecule has 0 aliphatic carbocycles. The molecule has 0 atom stereocenters. The fourth-order valence-corrected chi connectivity index (χ4v) is 3.15. The third-order valence-electron chi connectivity index (χ3n) is 3.44. The van der Waals surface area contributed by atoms with Crippen molar-refractivity contribution in [3.63, 3.8) is 0 Å². The molecule has 3 rings (SSSR count). The Hall–Kier alpha value is -2.40. The summed E-state index contributed by atoms with van der Waals surface area (Å²) in [6, 6.07) is 14.5. The van der Waals surface area contributed by atoms with E-state index in [0.29, 0.717) is 0 Å². The highest BCUT2D eigenvalue weighted by Crippen LogP contribution is 2.17. The van der Waals surface area contributed by atoms with Gasteiger partial charge in [0.2, 0.25) is 0 Å². The molecule has 22 heavy (non-hydrogen) atoms. The van der Waals surface area contributed by atoms with Crippen LogP contribution in [0.25, 0.3) is 15.6 Å². The lowest BCUT2D eigenvalue weighted by atomic mass is 10.1. The minimum absolute atomic E-state index is 0.189. The second-order valence-electron chi connectivity index (χ2n) is 5.33. The predicted octanol–water partition coefficient (Wildman–Crippen LogP) is 3.27. The predicted molar refractivity (Wildman–Crippen MR) is 86.0 cm³/mol. The summed E-state index contributed by atoms with van der Waals surface area (Å²) in [5.41, 5.74) is 2.17. The van der Waals surface area contributed by atoms with Gasteiger partial charge in [0.25, 0.3) is 0 Å². The van der Waals surface area contributed by atoms with Gasteiger partial charge in [-0.05, 0) is 37.4 Å². The van der Waals surface area contributed by atoms with Crippen LogP contribution in [0.2, 0.25) is 0 Å². The third kappa shape index (κ3) is 2.94. The van der Waals surface area contributed by atoms with Gasteiger partial charge in [-0.3, -0.25) is 0 Å². The van der Waals surface area contributed by atoms with Gasteiger partial charge in [0.05, 0.1) is 4.90 Å². The van der Waals surface area contributed by atoms with Crippen LogP contribution in [0.5, 0.6) is 0 Å². The average molecular weight is 312 g/mol. The van der Waals surface area contributed by atoms with Crippen molar-refractivity contribution in [2.75, 3.05) is 0 Å². The number of pyridine rings is 1. The van der Waals surface area contributed by atoms with E-state index < -0.39 is 10.0 Å². The van der Waals surface area contributed by atoms with E-state index in [4.69, 9.17) is 0 Å². The molecule has 0 amide bonds. The van der Waals surface area contributed by atoms with Crippen molar-refractivity contribution in [1.82, 2.24) is 0 Å². The van der Waals surface area contributed by atoms with E-state index in [1.807, 2.05) is 38.1 Å². The monoisotopic (exact) mass is 312 g/mol. The van der Waals surface area contributed by atoms with Gasteiger partial charge in [-0.25, -0.2) is 13.1 Å². The van der Waals surface area contributed by atoms with E-state index in [9.17, 15) is 8.42 Å². The van der Waals surface area contributed by atoms with E-state index in [1.54, 1.807) is 36.7 Å². The first-order chi connectivity index (χ1) is 10.4. The maximum absolute atomic E-state index is 12.3. The summed E-state index contributed by atoms with van der Waals surface area (Å²) in [7, 11) is -3.72. The van der Waals surface area contributed by atoms with Crippen molar-refractivity contribution in [2.45, 2.75) is 18.7 Å². The van der Waals surface area contributed by atoms with Crippen LogP contribution in [0.4, 0.5) is 0 Å². The van der Waals surface area contributed by atoms with Gasteiger partial charge < -0.3 is 4.83 Å². The zero-order chi connectivity index (χ0) is 15.7. The topological polar surface area (TPSA) is 52.1 Å².